The maximum absolute atomic E-state index is 9.95. The molecule has 4 unspecified atom stereocenters. The molecule has 1 nitrogen and oxygen atoms in total. The van der Waals surface area contributed by atoms with E-state index in [0.29, 0.717) is 23.9 Å². The van der Waals surface area contributed by atoms with Crippen molar-refractivity contribution >= 4 is 0 Å². The van der Waals surface area contributed by atoms with Crippen molar-refractivity contribution in [2.45, 2.75) is 47.0 Å². The fraction of sp³-hybridized carbons (Fsp3) is 0.867. The Morgan fingerprint density at radius 1 is 1.38 bits per heavy atom. The Morgan fingerprint density at radius 2 is 2.00 bits per heavy atom. The zero-order valence-corrected chi connectivity index (χ0v) is 11.2. The minimum atomic E-state index is 0.123. The summed E-state index contributed by atoms with van der Waals surface area (Å²) in [5.74, 6) is 2.19. The molecule has 0 aromatic rings. The standard InChI is InChI=1S/C15H26O/c1-10(2)8-15(9-16)11(3)6-7-12-13(15)14(12,4)5/h11-13,16H,1,6-9H2,2-5H3. The van der Waals surface area contributed by atoms with E-state index < -0.39 is 0 Å². The number of fused-ring (bicyclic) bond motifs is 1. The Balaban J connectivity index is 2.30. The van der Waals surface area contributed by atoms with Gasteiger partial charge in [-0.05, 0) is 49.4 Å². The summed E-state index contributed by atoms with van der Waals surface area (Å²) in [6, 6.07) is 0. The summed E-state index contributed by atoms with van der Waals surface area (Å²) in [6.45, 7) is 13.6. The van der Waals surface area contributed by atoms with Crippen LogP contribution in [0.2, 0.25) is 0 Å². The van der Waals surface area contributed by atoms with E-state index >= 15 is 0 Å². The van der Waals surface area contributed by atoms with Crippen LogP contribution in [-0.2, 0) is 0 Å². The van der Waals surface area contributed by atoms with Crippen molar-refractivity contribution in [3.8, 4) is 0 Å². The maximum atomic E-state index is 9.95. The Morgan fingerprint density at radius 3 is 2.50 bits per heavy atom. The highest BCUT2D eigenvalue weighted by Crippen LogP contribution is 2.73. The van der Waals surface area contributed by atoms with Gasteiger partial charge in [0.15, 0.2) is 0 Å². The van der Waals surface area contributed by atoms with Crippen LogP contribution in [0.15, 0.2) is 12.2 Å². The lowest BCUT2D eigenvalue weighted by atomic mass is 9.63. The Hall–Kier alpha value is -0.300. The maximum Gasteiger partial charge on any atom is 0.0496 e. The van der Waals surface area contributed by atoms with Gasteiger partial charge in [-0.3, -0.25) is 0 Å². The quantitative estimate of drug-likeness (QED) is 0.723. The largest absolute Gasteiger partial charge is 0.396 e. The van der Waals surface area contributed by atoms with Crippen LogP contribution < -0.4 is 0 Å². The van der Waals surface area contributed by atoms with Crippen LogP contribution in [0, 0.1) is 28.6 Å². The normalized spacial score (nSPS) is 44.9. The summed E-state index contributed by atoms with van der Waals surface area (Å²) < 4.78 is 0. The average Bonchev–Trinajstić information content (AvgIpc) is 2.74. The van der Waals surface area contributed by atoms with Crippen molar-refractivity contribution in [3.05, 3.63) is 12.2 Å². The Kier molecular flexibility index (Phi) is 2.73. The van der Waals surface area contributed by atoms with Gasteiger partial charge in [-0.25, -0.2) is 0 Å². The number of aliphatic hydroxyl groups is 1. The monoisotopic (exact) mass is 222 g/mol. The van der Waals surface area contributed by atoms with Gasteiger partial charge < -0.3 is 5.11 Å². The number of allylic oxidation sites excluding steroid dienone is 1. The molecule has 92 valence electrons. The first-order chi connectivity index (χ1) is 7.36. The minimum absolute atomic E-state index is 0.123. The fourth-order valence-corrected chi connectivity index (χ4v) is 4.60. The zero-order valence-electron chi connectivity index (χ0n) is 11.2. The van der Waals surface area contributed by atoms with E-state index in [1.807, 2.05) is 0 Å². The average molecular weight is 222 g/mol. The molecule has 0 amide bonds. The van der Waals surface area contributed by atoms with Crippen molar-refractivity contribution in [2.24, 2.45) is 28.6 Å². The van der Waals surface area contributed by atoms with Crippen molar-refractivity contribution in [2.75, 3.05) is 6.61 Å². The number of hydrogen-bond donors (Lipinski definition) is 1. The molecule has 0 radical (unpaired) electrons. The van der Waals surface area contributed by atoms with Crippen LogP contribution in [-0.4, -0.2) is 11.7 Å². The van der Waals surface area contributed by atoms with E-state index in [4.69, 9.17) is 0 Å². The molecular weight excluding hydrogens is 196 g/mol. The van der Waals surface area contributed by atoms with Crippen LogP contribution in [0.1, 0.15) is 47.0 Å². The SMILES string of the molecule is C=C(C)CC1(CO)C(C)CCC2C1C2(C)C. The van der Waals surface area contributed by atoms with Gasteiger partial charge in [0.05, 0.1) is 0 Å². The third kappa shape index (κ3) is 1.48. The molecule has 2 fully saturated rings. The van der Waals surface area contributed by atoms with Crippen LogP contribution in [0.25, 0.3) is 0 Å². The molecule has 1 heteroatoms. The second-order valence-electron chi connectivity index (χ2n) is 6.91. The lowest BCUT2D eigenvalue weighted by Gasteiger charge is -2.42. The molecule has 2 rings (SSSR count). The first kappa shape index (κ1) is 12.2. The first-order valence-electron chi connectivity index (χ1n) is 6.61. The van der Waals surface area contributed by atoms with Gasteiger partial charge in [-0.2, -0.15) is 0 Å². The van der Waals surface area contributed by atoms with E-state index in [2.05, 4.69) is 34.3 Å². The molecule has 16 heavy (non-hydrogen) atoms. The molecule has 0 saturated heterocycles. The molecule has 0 spiro atoms. The smallest absolute Gasteiger partial charge is 0.0496 e. The summed E-state index contributed by atoms with van der Waals surface area (Å²) >= 11 is 0. The molecule has 1 N–H and O–H groups in total. The molecule has 0 heterocycles. The second-order valence-corrected chi connectivity index (χ2v) is 6.91. The highest BCUT2D eigenvalue weighted by atomic mass is 16.3. The first-order valence-corrected chi connectivity index (χ1v) is 6.61. The molecular formula is C15H26O. The summed E-state index contributed by atoms with van der Waals surface area (Å²) in [5.41, 5.74) is 1.80. The van der Waals surface area contributed by atoms with E-state index in [-0.39, 0.29) is 5.41 Å². The lowest BCUT2D eigenvalue weighted by Crippen LogP contribution is -2.39. The third-order valence-electron chi connectivity index (χ3n) is 5.49. The van der Waals surface area contributed by atoms with E-state index in [0.717, 1.165) is 12.3 Å². The fourth-order valence-electron chi connectivity index (χ4n) is 4.60. The Bertz CT molecular complexity index is 305. The van der Waals surface area contributed by atoms with Crippen molar-refractivity contribution in [1.29, 1.82) is 0 Å². The van der Waals surface area contributed by atoms with Gasteiger partial charge in [0, 0.05) is 12.0 Å². The van der Waals surface area contributed by atoms with Gasteiger partial charge >= 0.3 is 0 Å². The summed E-state index contributed by atoms with van der Waals surface area (Å²) in [6.07, 6.45) is 3.64. The van der Waals surface area contributed by atoms with Crippen molar-refractivity contribution in [3.63, 3.8) is 0 Å². The highest BCUT2D eigenvalue weighted by molar-refractivity contribution is 5.18. The number of aliphatic hydroxyl groups excluding tert-OH is 1. The molecule has 0 aromatic carbocycles. The molecule has 0 aliphatic heterocycles. The third-order valence-corrected chi connectivity index (χ3v) is 5.49. The summed E-state index contributed by atoms with van der Waals surface area (Å²) in [7, 11) is 0. The minimum Gasteiger partial charge on any atom is -0.396 e. The van der Waals surface area contributed by atoms with Gasteiger partial charge in [-0.15, -0.1) is 6.58 Å². The van der Waals surface area contributed by atoms with Crippen molar-refractivity contribution in [1.82, 2.24) is 0 Å². The zero-order chi connectivity index (χ0) is 12.1. The van der Waals surface area contributed by atoms with E-state index in [1.165, 1.54) is 18.4 Å². The van der Waals surface area contributed by atoms with E-state index in [1.54, 1.807) is 0 Å². The Labute approximate surface area is 99.9 Å². The predicted octanol–water partition coefficient (Wildman–Crippen LogP) is 3.63. The topological polar surface area (TPSA) is 20.2 Å². The lowest BCUT2D eigenvalue weighted by molar-refractivity contribution is 0.0125. The van der Waals surface area contributed by atoms with Gasteiger partial charge in [-0.1, -0.05) is 26.3 Å². The predicted molar refractivity (Wildman–Crippen MR) is 68.1 cm³/mol. The molecule has 2 aliphatic carbocycles. The van der Waals surface area contributed by atoms with Gasteiger partial charge in [0.2, 0.25) is 0 Å². The molecule has 0 aromatic heterocycles. The highest BCUT2D eigenvalue weighted by Gasteiger charge is 2.68. The van der Waals surface area contributed by atoms with Gasteiger partial charge in [0.1, 0.15) is 0 Å². The molecule has 4 atom stereocenters. The van der Waals surface area contributed by atoms with Crippen LogP contribution >= 0.6 is 0 Å². The van der Waals surface area contributed by atoms with E-state index in [9.17, 15) is 5.11 Å². The number of rotatable bonds is 3. The number of hydrogen-bond acceptors (Lipinski definition) is 1. The van der Waals surface area contributed by atoms with Crippen LogP contribution in [0.3, 0.4) is 0 Å². The van der Waals surface area contributed by atoms with Gasteiger partial charge in [0.25, 0.3) is 0 Å². The summed E-state index contributed by atoms with van der Waals surface area (Å²) in [5, 5.41) is 9.95. The van der Waals surface area contributed by atoms with Crippen LogP contribution in [0.5, 0.6) is 0 Å². The summed E-state index contributed by atoms with van der Waals surface area (Å²) in [4.78, 5) is 0. The molecule has 2 aliphatic rings. The molecule has 2 saturated carbocycles. The van der Waals surface area contributed by atoms with Crippen LogP contribution in [0.4, 0.5) is 0 Å². The molecule has 0 bridgehead atoms. The second kappa shape index (κ2) is 3.60. The van der Waals surface area contributed by atoms with Crippen molar-refractivity contribution < 1.29 is 5.11 Å².